The Morgan fingerprint density at radius 2 is 1.03 bits per heavy atom. The van der Waals surface area contributed by atoms with Crippen LogP contribution in [-0.4, -0.2) is 31.4 Å². The summed E-state index contributed by atoms with van der Waals surface area (Å²) >= 11 is 0. The van der Waals surface area contributed by atoms with Crippen molar-refractivity contribution in [2.75, 3.05) is 0 Å². The monoisotopic (exact) mass is 520 g/mol. The summed E-state index contributed by atoms with van der Waals surface area (Å²) in [5.74, 6) is 0. The first-order valence-corrected chi connectivity index (χ1v) is 11.1. The number of hydrogen-bond donors (Lipinski definition) is 2. The molecule has 152 valence electrons. The molecule has 1 unspecified atom stereocenters. The topological polar surface area (TPSA) is 140 Å². The van der Waals surface area contributed by atoms with Crippen molar-refractivity contribution in [2.24, 2.45) is 0 Å². The van der Waals surface area contributed by atoms with Gasteiger partial charge in [-0.05, 0) is 28.6 Å². The first kappa shape index (κ1) is 31.1. The van der Waals surface area contributed by atoms with E-state index in [9.17, 15) is 25.9 Å². The van der Waals surface area contributed by atoms with E-state index in [0.717, 1.165) is 0 Å². The number of benzene rings is 3. The minimum absolute atomic E-state index is 0. The van der Waals surface area contributed by atoms with Crippen LogP contribution >= 0.6 is 9.24 Å². The molecule has 3 aromatic rings. The van der Waals surface area contributed by atoms with E-state index < -0.39 is 20.2 Å². The van der Waals surface area contributed by atoms with E-state index in [1.54, 1.807) is 30.3 Å². The Kier molecular flexibility index (Phi) is 13.0. The van der Waals surface area contributed by atoms with Crippen LogP contribution in [0.2, 0.25) is 0 Å². The van der Waals surface area contributed by atoms with Crippen LogP contribution in [0.4, 0.5) is 0 Å². The van der Waals surface area contributed by atoms with Gasteiger partial charge >= 0.3 is 103 Å². The van der Waals surface area contributed by atoms with Crippen molar-refractivity contribution in [3.8, 4) is 22.3 Å². The number of hydrogen-bond acceptors (Lipinski definition) is 4. The molecule has 0 heterocycles. The van der Waals surface area contributed by atoms with Crippen molar-refractivity contribution in [1.82, 2.24) is 0 Å². The molecule has 7 nitrogen and oxygen atoms in total. The Morgan fingerprint density at radius 3 is 1.53 bits per heavy atom. The molecule has 0 aromatic heterocycles. The Labute approximate surface area is 265 Å². The zero-order valence-electron chi connectivity index (χ0n) is 18.3. The van der Waals surface area contributed by atoms with Gasteiger partial charge in [0.2, 0.25) is 0 Å². The van der Waals surface area contributed by atoms with E-state index in [1.807, 2.05) is 0 Å². The molecule has 12 heteroatoms. The van der Waals surface area contributed by atoms with Crippen LogP contribution in [0.3, 0.4) is 0 Å². The average molecular weight is 521 g/mol. The molecule has 4 N–H and O–H groups in total. The molecule has 0 spiro atoms. The second-order valence-corrected chi connectivity index (χ2v) is 9.11. The maximum Gasteiger partial charge on any atom is 1.00 e. The van der Waals surface area contributed by atoms with Crippen LogP contribution < -0.4 is 108 Å². The van der Waals surface area contributed by atoms with E-state index in [2.05, 4.69) is 9.24 Å². The van der Waals surface area contributed by atoms with Gasteiger partial charge in [-0.1, -0.05) is 54.6 Å². The second-order valence-electron chi connectivity index (χ2n) is 5.71. The van der Waals surface area contributed by atoms with E-state index in [4.69, 9.17) is 0 Å². The molecule has 3 rings (SSSR count). The second kappa shape index (κ2) is 12.6. The van der Waals surface area contributed by atoms with Crippen LogP contribution in [0.15, 0.2) is 76.5 Å². The van der Waals surface area contributed by atoms with Crippen LogP contribution in [-0.2, 0) is 20.2 Å². The van der Waals surface area contributed by atoms with Gasteiger partial charge in [-0.25, -0.2) is 0 Å². The fourth-order valence-corrected chi connectivity index (χ4v) is 4.73. The van der Waals surface area contributed by atoms with Gasteiger partial charge in [0.15, 0.2) is 0 Å². The zero-order chi connectivity index (χ0) is 19.8. The summed E-state index contributed by atoms with van der Waals surface area (Å²) in [6.07, 6.45) is 0. The van der Waals surface area contributed by atoms with Gasteiger partial charge in [-0.2, -0.15) is 16.8 Å². The predicted octanol–water partition coefficient (Wildman–Crippen LogP) is -3.58. The molecule has 0 aliphatic carbocycles. The first-order valence-electron chi connectivity index (χ1n) is 7.63. The fourth-order valence-electron chi connectivity index (χ4n) is 2.91. The van der Waals surface area contributed by atoms with Crippen molar-refractivity contribution in [2.45, 2.75) is 9.79 Å². The largest absolute Gasteiger partial charge is 1.00 e. The Hall–Kier alpha value is 1.14. The van der Waals surface area contributed by atoms with Crippen LogP contribution in [0.25, 0.3) is 22.3 Å². The van der Waals surface area contributed by atoms with Crippen LogP contribution in [0.5, 0.6) is 0 Å². The third-order valence-corrected chi connectivity index (χ3v) is 6.29. The molecule has 0 aliphatic heterocycles. The van der Waals surface area contributed by atoms with Crippen molar-refractivity contribution in [1.29, 1.82) is 0 Å². The summed E-state index contributed by atoms with van der Waals surface area (Å²) in [4.78, 5) is -0.600. The Balaban J connectivity index is -0.00000168. The van der Waals surface area contributed by atoms with Crippen molar-refractivity contribution >= 4 is 34.8 Å². The van der Waals surface area contributed by atoms with E-state index in [-0.39, 0.29) is 132 Å². The SMILES string of the molecule is O.O=S(=O)(O)c1ccccc1-c1cccc(P)c1-c1ccccc1S(=O)(=O)O.[H-].[H-].[K+].[K+]. The summed E-state index contributed by atoms with van der Waals surface area (Å²) in [5, 5.41) is 0.591. The van der Waals surface area contributed by atoms with E-state index in [1.165, 1.54) is 36.4 Å². The van der Waals surface area contributed by atoms with Crippen LogP contribution in [0, 0.1) is 0 Å². The average Bonchev–Trinajstić information content (AvgIpc) is 2.60. The van der Waals surface area contributed by atoms with Gasteiger partial charge < -0.3 is 8.33 Å². The standard InChI is InChI=1S/C18H15O6PS2.2K.H2O.2H/c19-26(20,21)16-10-3-1-6-12(16)13-8-5-9-15(25)18(13)14-7-2-4-11-17(14)27(22,23)24;;;;;/h1-11H,25H2,(H,19,20,21)(H,22,23,24);;;1H2;;/q;2*+1;;2*-1. The molecule has 0 aliphatic rings. The molecular weight excluding hydrogens is 501 g/mol. The third kappa shape index (κ3) is 7.07. The minimum atomic E-state index is -4.51. The van der Waals surface area contributed by atoms with Crippen molar-refractivity contribution < 1.29 is 137 Å². The molecule has 0 amide bonds. The smallest absolute Gasteiger partial charge is 1.00 e. The Morgan fingerprint density at radius 1 is 0.633 bits per heavy atom. The first-order chi connectivity index (χ1) is 12.6. The molecule has 0 saturated carbocycles. The molecule has 0 saturated heterocycles. The van der Waals surface area contributed by atoms with Crippen molar-refractivity contribution in [3.05, 3.63) is 66.7 Å². The molecule has 30 heavy (non-hydrogen) atoms. The zero-order valence-corrected chi connectivity index (χ0v) is 25.3. The minimum Gasteiger partial charge on any atom is -1.00 e. The van der Waals surface area contributed by atoms with Gasteiger partial charge in [0.05, 0.1) is 0 Å². The quantitative estimate of drug-likeness (QED) is 0.207. The Bertz CT molecular complexity index is 1260. The van der Waals surface area contributed by atoms with Crippen LogP contribution in [0.1, 0.15) is 2.85 Å². The summed E-state index contributed by atoms with van der Waals surface area (Å²) in [5.41, 5.74) is 1.23. The summed E-state index contributed by atoms with van der Waals surface area (Å²) in [7, 11) is -6.55. The molecule has 0 fully saturated rings. The van der Waals surface area contributed by atoms with Gasteiger partial charge in [-0.3, -0.25) is 9.11 Å². The predicted molar refractivity (Wildman–Crippen MR) is 112 cm³/mol. The van der Waals surface area contributed by atoms with Gasteiger partial charge in [0.1, 0.15) is 9.79 Å². The van der Waals surface area contributed by atoms with Gasteiger partial charge in [-0.15, -0.1) is 9.24 Å². The summed E-state index contributed by atoms with van der Waals surface area (Å²) < 4.78 is 66.4. The molecule has 0 bridgehead atoms. The summed E-state index contributed by atoms with van der Waals surface area (Å²) in [6, 6.07) is 16.7. The van der Waals surface area contributed by atoms with Gasteiger partial charge in [0, 0.05) is 11.1 Å². The molecule has 1 atom stereocenters. The molecule has 0 radical (unpaired) electrons. The maximum absolute atomic E-state index is 11.8. The van der Waals surface area contributed by atoms with E-state index in [0.29, 0.717) is 16.4 Å². The number of rotatable bonds is 4. The van der Waals surface area contributed by atoms with E-state index >= 15 is 0 Å². The normalized spacial score (nSPS) is 10.9. The summed E-state index contributed by atoms with van der Waals surface area (Å²) in [6.45, 7) is 0. The maximum atomic E-state index is 11.8. The van der Waals surface area contributed by atoms with Crippen molar-refractivity contribution in [3.63, 3.8) is 0 Å². The fraction of sp³-hybridized carbons (Fsp3) is 0. The molecular formula is C18H19K2O7PS2. The third-order valence-electron chi connectivity index (χ3n) is 3.99. The molecule has 3 aromatic carbocycles. The van der Waals surface area contributed by atoms with Gasteiger partial charge in [0.25, 0.3) is 20.2 Å².